The Balaban J connectivity index is 2.23. The zero-order chi connectivity index (χ0) is 18.2. The van der Waals surface area contributed by atoms with Crippen LogP contribution < -0.4 is 10.6 Å². The zero-order valence-electron chi connectivity index (χ0n) is 13.4. The molecule has 0 spiro atoms. The van der Waals surface area contributed by atoms with Crippen molar-refractivity contribution in [1.82, 2.24) is 5.32 Å². The summed E-state index contributed by atoms with van der Waals surface area (Å²) in [6, 6.07) is 12.4. The van der Waals surface area contributed by atoms with E-state index in [1.54, 1.807) is 0 Å². The van der Waals surface area contributed by atoms with Crippen molar-refractivity contribution in [3.05, 3.63) is 69.8 Å². The van der Waals surface area contributed by atoms with E-state index in [1.165, 1.54) is 12.1 Å². The average Bonchev–Trinajstić information content (AvgIpc) is 2.64. The van der Waals surface area contributed by atoms with E-state index in [1.807, 2.05) is 30.3 Å². The quantitative estimate of drug-likeness (QED) is 0.422. The van der Waals surface area contributed by atoms with Gasteiger partial charge in [-0.15, -0.1) is 0 Å². The number of rotatable bonds is 8. The number of aliphatic hydroxyl groups is 2. The van der Waals surface area contributed by atoms with Gasteiger partial charge in [0.25, 0.3) is 11.6 Å². The van der Waals surface area contributed by atoms with Gasteiger partial charge in [-0.3, -0.25) is 14.9 Å². The number of aliphatic hydroxyl groups excluding tert-OH is 2. The highest BCUT2D eigenvalue weighted by atomic mass is 16.6. The molecule has 8 nitrogen and oxygen atoms in total. The van der Waals surface area contributed by atoms with E-state index in [0.29, 0.717) is 5.69 Å². The summed E-state index contributed by atoms with van der Waals surface area (Å²) < 4.78 is 0. The van der Waals surface area contributed by atoms with E-state index in [4.69, 9.17) is 0 Å². The molecule has 25 heavy (non-hydrogen) atoms. The highest BCUT2D eigenvalue weighted by Gasteiger charge is 2.18. The Morgan fingerprint density at radius 1 is 1.12 bits per heavy atom. The second kappa shape index (κ2) is 8.76. The number of nitro groups is 1. The lowest BCUT2D eigenvalue weighted by Crippen LogP contribution is -2.30. The summed E-state index contributed by atoms with van der Waals surface area (Å²) in [5.74, 6) is -0.496. The summed E-state index contributed by atoms with van der Waals surface area (Å²) in [5, 5.41) is 34.8. The summed E-state index contributed by atoms with van der Waals surface area (Å²) in [6.07, 6.45) is 0. The maximum Gasteiger partial charge on any atom is 0.270 e. The summed E-state index contributed by atoms with van der Waals surface area (Å²) in [7, 11) is 0. The Morgan fingerprint density at radius 3 is 2.40 bits per heavy atom. The van der Waals surface area contributed by atoms with E-state index in [-0.39, 0.29) is 31.0 Å². The monoisotopic (exact) mass is 345 g/mol. The molecule has 4 N–H and O–H groups in total. The predicted octanol–water partition coefficient (Wildman–Crippen LogP) is 1.29. The fourth-order valence-corrected chi connectivity index (χ4v) is 2.20. The lowest BCUT2D eigenvalue weighted by molar-refractivity contribution is -0.384. The third kappa shape index (κ3) is 5.00. The fourth-order valence-electron chi connectivity index (χ4n) is 2.20. The van der Waals surface area contributed by atoms with Crippen LogP contribution in [-0.4, -0.2) is 40.3 Å². The molecular formula is C17H19N3O5. The van der Waals surface area contributed by atoms with Gasteiger partial charge in [0, 0.05) is 24.4 Å². The number of non-ortho nitro benzene ring substituents is 1. The van der Waals surface area contributed by atoms with Crippen LogP contribution in [0.2, 0.25) is 0 Å². The van der Waals surface area contributed by atoms with Crippen molar-refractivity contribution in [2.75, 3.05) is 18.5 Å². The molecule has 1 amide bonds. The van der Waals surface area contributed by atoms with Gasteiger partial charge in [0.2, 0.25) is 0 Å². The molecule has 0 aliphatic carbocycles. The lowest BCUT2D eigenvalue weighted by Gasteiger charge is -2.17. The van der Waals surface area contributed by atoms with Gasteiger partial charge in [0.1, 0.15) is 0 Å². The standard InChI is InChI=1S/C17H19N3O5/c21-10-13(11-22)19-16-7-6-14(20(24)25)8-15(16)17(23)18-9-12-4-2-1-3-5-12/h1-8,13,19,21-22H,9-11H2,(H,18,23). The Hall–Kier alpha value is -2.97. The minimum Gasteiger partial charge on any atom is -0.394 e. The molecule has 0 aliphatic rings. The number of anilines is 1. The number of hydrogen-bond acceptors (Lipinski definition) is 6. The number of carbonyl (C=O) groups excluding carboxylic acids is 1. The van der Waals surface area contributed by atoms with Crippen LogP contribution in [0.4, 0.5) is 11.4 Å². The first kappa shape index (κ1) is 18.4. The van der Waals surface area contributed by atoms with Crippen molar-refractivity contribution >= 4 is 17.3 Å². The summed E-state index contributed by atoms with van der Waals surface area (Å²) >= 11 is 0. The van der Waals surface area contributed by atoms with E-state index < -0.39 is 16.9 Å². The second-order valence-corrected chi connectivity index (χ2v) is 5.36. The number of hydrogen-bond donors (Lipinski definition) is 4. The average molecular weight is 345 g/mol. The van der Waals surface area contributed by atoms with Gasteiger partial charge in [0.05, 0.1) is 29.7 Å². The van der Waals surface area contributed by atoms with Crippen LogP contribution in [-0.2, 0) is 6.54 Å². The summed E-state index contributed by atoms with van der Waals surface area (Å²) in [4.78, 5) is 22.9. The number of nitrogens with one attached hydrogen (secondary N) is 2. The summed E-state index contributed by atoms with van der Waals surface area (Å²) in [5.41, 5.74) is 1.03. The maximum atomic E-state index is 12.5. The third-order valence-corrected chi connectivity index (χ3v) is 3.55. The van der Waals surface area contributed by atoms with Crippen molar-refractivity contribution < 1.29 is 19.9 Å². The molecule has 0 fully saturated rings. The molecular weight excluding hydrogens is 326 g/mol. The van der Waals surface area contributed by atoms with Gasteiger partial charge in [-0.05, 0) is 11.6 Å². The van der Waals surface area contributed by atoms with Gasteiger partial charge >= 0.3 is 0 Å². The molecule has 0 bridgehead atoms. The smallest absolute Gasteiger partial charge is 0.270 e. The van der Waals surface area contributed by atoms with Gasteiger partial charge in [0.15, 0.2) is 0 Å². The van der Waals surface area contributed by atoms with Crippen LogP contribution in [0.3, 0.4) is 0 Å². The van der Waals surface area contributed by atoms with Crippen LogP contribution in [0.5, 0.6) is 0 Å². The van der Waals surface area contributed by atoms with Crippen molar-refractivity contribution in [3.8, 4) is 0 Å². The van der Waals surface area contributed by atoms with E-state index >= 15 is 0 Å². The summed E-state index contributed by atoms with van der Waals surface area (Å²) in [6.45, 7) is -0.428. The molecule has 0 saturated carbocycles. The Labute approximate surface area is 144 Å². The number of carbonyl (C=O) groups is 1. The first-order valence-electron chi connectivity index (χ1n) is 7.64. The highest BCUT2D eigenvalue weighted by Crippen LogP contribution is 2.23. The van der Waals surface area contributed by atoms with Crippen molar-refractivity contribution in [3.63, 3.8) is 0 Å². The molecule has 132 valence electrons. The Bertz CT molecular complexity index is 732. The van der Waals surface area contributed by atoms with Crippen LogP contribution in [0.25, 0.3) is 0 Å². The normalized spacial score (nSPS) is 10.5. The molecule has 0 saturated heterocycles. The first-order chi connectivity index (χ1) is 12.0. The van der Waals surface area contributed by atoms with Gasteiger partial charge in [-0.2, -0.15) is 0 Å². The molecule has 0 radical (unpaired) electrons. The Morgan fingerprint density at radius 2 is 1.80 bits per heavy atom. The van der Waals surface area contributed by atoms with Crippen molar-refractivity contribution in [2.24, 2.45) is 0 Å². The first-order valence-corrected chi connectivity index (χ1v) is 7.64. The molecule has 0 aromatic heterocycles. The predicted molar refractivity (Wildman–Crippen MR) is 92.3 cm³/mol. The van der Waals surface area contributed by atoms with E-state index in [2.05, 4.69) is 10.6 Å². The zero-order valence-corrected chi connectivity index (χ0v) is 13.4. The van der Waals surface area contributed by atoms with E-state index in [0.717, 1.165) is 11.6 Å². The van der Waals surface area contributed by atoms with Gasteiger partial charge in [-0.25, -0.2) is 0 Å². The number of amides is 1. The molecule has 0 heterocycles. The topological polar surface area (TPSA) is 125 Å². The van der Waals surface area contributed by atoms with Crippen LogP contribution in [0.15, 0.2) is 48.5 Å². The number of nitrogens with zero attached hydrogens (tertiary/aromatic N) is 1. The number of nitro benzene ring substituents is 1. The van der Waals surface area contributed by atoms with Crippen LogP contribution >= 0.6 is 0 Å². The lowest BCUT2D eigenvalue weighted by atomic mass is 10.1. The largest absolute Gasteiger partial charge is 0.394 e. The Kier molecular flexibility index (Phi) is 6.44. The minimum atomic E-state index is -0.679. The molecule has 8 heteroatoms. The molecule has 0 atom stereocenters. The minimum absolute atomic E-state index is 0.0667. The second-order valence-electron chi connectivity index (χ2n) is 5.36. The van der Waals surface area contributed by atoms with Crippen molar-refractivity contribution in [1.29, 1.82) is 0 Å². The molecule has 0 aliphatic heterocycles. The molecule has 2 aromatic carbocycles. The molecule has 2 rings (SSSR count). The van der Waals surface area contributed by atoms with Crippen molar-refractivity contribution in [2.45, 2.75) is 12.6 Å². The highest BCUT2D eigenvalue weighted by molar-refractivity contribution is 6.00. The third-order valence-electron chi connectivity index (χ3n) is 3.55. The van der Waals surface area contributed by atoms with E-state index in [9.17, 15) is 25.1 Å². The van der Waals surface area contributed by atoms with Crippen LogP contribution in [0, 0.1) is 10.1 Å². The van der Waals surface area contributed by atoms with Gasteiger partial charge in [-0.1, -0.05) is 30.3 Å². The van der Waals surface area contributed by atoms with Gasteiger partial charge < -0.3 is 20.8 Å². The maximum absolute atomic E-state index is 12.5. The fraction of sp³-hybridized carbons (Fsp3) is 0.235. The van der Waals surface area contributed by atoms with Crippen LogP contribution in [0.1, 0.15) is 15.9 Å². The number of benzene rings is 2. The molecule has 0 unspecified atom stereocenters. The molecule has 2 aromatic rings. The SMILES string of the molecule is O=C(NCc1ccccc1)c1cc([N+](=O)[O-])ccc1NC(CO)CO.